The molecule has 0 aliphatic rings. The summed E-state index contributed by atoms with van der Waals surface area (Å²) in [6.07, 6.45) is -1.23. The van der Waals surface area contributed by atoms with Crippen LogP contribution >= 0.6 is 0 Å². The Morgan fingerprint density at radius 2 is 1.70 bits per heavy atom. The van der Waals surface area contributed by atoms with Crippen LogP contribution in [0.1, 0.15) is 38.1 Å². The second kappa shape index (κ2) is 8.43. The predicted octanol–water partition coefficient (Wildman–Crippen LogP) is 2.28. The zero-order valence-corrected chi connectivity index (χ0v) is 16.0. The van der Waals surface area contributed by atoms with Gasteiger partial charge in [-0.2, -0.15) is 14.0 Å². The maximum Gasteiger partial charge on any atom is 0.341 e. The summed E-state index contributed by atoms with van der Waals surface area (Å²) in [7, 11) is -4.77. The number of sulfone groups is 1. The molecule has 0 bridgehead atoms. The van der Waals surface area contributed by atoms with Gasteiger partial charge < -0.3 is 10.1 Å². The van der Waals surface area contributed by atoms with E-state index in [4.69, 9.17) is 4.74 Å². The van der Waals surface area contributed by atoms with E-state index < -0.39 is 44.0 Å². The van der Waals surface area contributed by atoms with E-state index in [2.05, 4.69) is 5.32 Å². The van der Waals surface area contributed by atoms with Gasteiger partial charge >= 0.3 is 11.7 Å². The summed E-state index contributed by atoms with van der Waals surface area (Å²) < 4.78 is 52.7. The van der Waals surface area contributed by atoms with Crippen molar-refractivity contribution in [2.45, 2.75) is 50.0 Å². The molecule has 0 radical (unpaired) electrons. The monoisotopic (exact) mass is 402 g/mol. The quantitative estimate of drug-likeness (QED) is 0.700. The van der Waals surface area contributed by atoms with Crippen molar-refractivity contribution < 1.29 is 31.5 Å². The van der Waals surface area contributed by atoms with E-state index in [-0.39, 0.29) is 11.5 Å². The van der Waals surface area contributed by atoms with Gasteiger partial charge in [0.25, 0.3) is 5.91 Å². The number of rotatable bonds is 7. The number of carbonyl (C=O) groups is 2. The highest BCUT2D eigenvalue weighted by molar-refractivity contribution is 7.91. The number of amides is 1. The second-order valence-electron chi connectivity index (χ2n) is 6.34. The van der Waals surface area contributed by atoms with Gasteiger partial charge in [-0.25, -0.2) is 13.2 Å². The normalized spacial score (nSPS) is 14.9. The molecule has 27 heavy (non-hydrogen) atoms. The van der Waals surface area contributed by atoms with E-state index in [1.807, 2.05) is 6.07 Å². The predicted molar refractivity (Wildman–Crippen MR) is 91.5 cm³/mol. The molecule has 0 saturated carbocycles. The van der Waals surface area contributed by atoms with Gasteiger partial charge in [0.1, 0.15) is 5.54 Å². The van der Waals surface area contributed by atoms with Crippen LogP contribution < -0.4 is 5.32 Å². The summed E-state index contributed by atoms with van der Waals surface area (Å²) in [6.45, 7) is 6.33. The molecule has 0 fully saturated rings. The van der Waals surface area contributed by atoms with Gasteiger partial charge in [0.2, 0.25) is 9.84 Å². The molecule has 1 amide bonds. The molecule has 0 aromatic heterocycles. The van der Waals surface area contributed by atoms with Gasteiger partial charge in [-0.1, -0.05) is 13.8 Å². The van der Waals surface area contributed by atoms with Crippen LogP contribution in [-0.2, 0) is 19.4 Å². The largest absolute Gasteiger partial charge is 0.449 e. The first-order valence-corrected chi connectivity index (χ1v) is 9.46. The third kappa shape index (κ3) is 5.23. The topological polar surface area (TPSA) is 113 Å². The van der Waals surface area contributed by atoms with Crippen LogP contribution in [0.25, 0.3) is 0 Å². The summed E-state index contributed by atoms with van der Waals surface area (Å²) in [5.41, 5.74) is -1.27. The Labute approximate surface area is 156 Å². The number of nitrogens with one attached hydrogen (secondary N) is 1. The average molecular weight is 402 g/mol. The Hall–Kier alpha value is -2.54. The van der Waals surface area contributed by atoms with Crippen LogP contribution in [0, 0.1) is 17.2 Å². The first kappa shape index (κ1) is 22.5. The molecule has 1 aromatic carbocycles. The number of halogens is 2. The lowest BCUT2D eigenvalue weighted by atomic mass is 9.90. The Kier molecular flexibility index (Phi) is 7.03. The molecular weight excluding hydrogens is 382 g/mol. The summed E-state index contributed by atoms with van der Waals surface area (Å²) in [6, 6.07) is 5.72. The Morgan fingerprint density at radius 1 is 1.19 bits per heavy atom. The zero-order chi connectivity index (χ0) is 21.0. The highest BCUT2D eigenvalue weighted by Crippen LogP contribution is 2.19. The minimum Gasteiger partial charge on any atom is -0.449 e. The molecule has 2 atom stereocenters. The van der Waals surface area contributed by atoms with Crippen molar-refractivity contribution in [1.29, 1.82) is 5.26 Å². The molecule has 0 aliphatic carbocycles. The third-order valence-electron chi connectivity index (χ3n) is 4.08. The summed E-state index contributed by atoms with van der Waals surface area (Å²) in [5, 5.41) is 11.7. The lowest BCUT2D eigenvalue weighted by Crippen LogP contribution is -2.52. The van der Waals surface area contributed by atoms with Gasteiger partial charge in [-0.3, -0.25) is 4.79 Å². The number of carbonyl (C=O) groups excluding carboxylic acids is 2. The van der Waals surface area contributed by atoms with Crippen molar-refractivity contribution in [2.24, 2.45) is 5.92 Å². The fraction of sp³-hybridized carbons (Fsp3) is 0.471. The van der Waals surface area contributed by atoms with Crippen LogP contribution in [0.15, 0.2) is 29.2 Å². The first-order chi connectivity index (χ1) is 12.3. The van der Waals surface area contributed by atoms with Crippen LogP contribution in [-0.4, -0.2) is 37.7 Å². The number of hydrogen-bond acceptors (Lipinski definition) is 6. The number of hydrogen-bond donors (Lipinski definition) is 1. The van der Waals surface area contributed by atoms with Gasteiger partial charge in [0.15, 0.2) is 6.10 Å². The average Bonchev–Trinajstić information content (AvgIpc) is 2.61. The third-order valence-corrected chi connectivity index (χ3v) is 5.47. The molecule has 0 spiro atoms. The SMILES string of the molecule is CC(C)[C@](C)(C#N)NC(=O)[C@H](C)OC(=O)c1ccc(S(=O)(=O)C(F)F)cc1. The van der Waals surface area contributed by atoms with Gasteiger partial charge in [0.05, 0.1) is 16.5 Å². The van der Waals surface area contributed by atoms with Crippen LogP contribution in [0.3, 0.4) is 0 Å². The van der Waals surface area contributed by atoms with Gasteiger partial charge in [-0.15, -0.1) is 0 Å². The molecule has 1 aromatic rings. The molecule has 10 heteroatoms. The molecule has 0 saturated heterocycles. The first-order valence-electron chi connectivity index (χ1n) is 7.91. The molecular formula is C17H20F2N2O5S. The molecule has 0 unspecified atom stereocenters. The van der Waals surface area contributed by atoms with Gasteiger partial charge in [-0.05, 0) is 44.0 Å². The Balaban J connectivity index is 2.84. The molecule has 1 N–H and O–H groups in total. The highest BCUT2D eigenvalue weighted by Gasteiger charge is 2.33. The summed E-state index contributed by atoms with van der Waals surface area (Å²) in [5.74, 6) is -5.40. The van der Waals surface area contributed by atoms with Crippen molar-refractivity contribution in [1.82, 2.24) is 5.32 Å². The number of nitriles is 1. The van der Waals surface area contributed by atoms with Crippen molar-refractivity contribution in [3.63, 3.8) is 0 Å². The fourth-order valence-electron chi connectivity index (χ4n) is 1.82. The smallest absolute Gasteiger partial charge is 0.341 e. The standard InChI is InChI=1S/C17H20F2N2O5S/c1-10(2)17(4,9-20)21-14(22)11(3)26-15(23)12-5-7-13(8-6-12)27(24,25)16(18)19/h5-8,10-11,16H,1-4H3,(H,21,22)/t11-,17-/m0/s1. The highest BCUT2D eigenvalue weighted by atomic mass is 32.2. The number of esters is 1. The summed E-state index contributed by atoms with van der Waals surface area (Å²) >= 11 is 0. The van der Waals surface area contributed by atoms with Crippen molar-refractivity contribution >= 4 is 21.7 Å². The van der Waals surface area contributed by atoms with Crippen LogP contribution in [0.4, 0.5) is 8.78 Å². The molecule has 7 nitrogen and oxygen atoms in total. The lowest BCUT2D eigenvalue weighted by Gasteiger charge is -2.28. The fourth-order valence-corrected chi connectivity index (χ4v) is 2.55. The molecule has 0 heterocycles. The maximum absolute atomic E-state index is 12.5. The van der Waals surface area contributed by atoms with Crippen LogP contribution in [0.2, 0.25) is 0 Å². The number of alkyl halides is 2. The second-order valence-corrected chi connectivity index (χ2v) is 8.25. The van der Waals surface area contributed by atoms with E-state index in [1.165, 1.54) is 13.8 Å². The minimum atomic E-state index is -4.77. The van der Waals surface area contributed by atoms with Crippen molar-refractivity contribution in [3.8, 4) is 6.07 Å². The van der Waals surface area contributed by atoms with Crippen molar-refractivity contribution in [2.75, 3.05) is 0 Å². The van der Waals surface area contributed by atoms with E-state index in [9.17, 15) is 32.0 Å². The maximum atomic E-state index is 12.5. The minimum absolute atomic E-state index is 0.116. The lowest BCUT2D eigenvalue weighted by molar-refractivity contribution is -0.130. The van der Waals surface area contributed by atoms with E-state index in [0.717, 1.165) is 24.3 Å². The van der Waals surface area contributed by atoms with Crippen LogP contribution in [0.5, 0.6) is 0 Å². The Bertz CT molecular complexity index is 847. The van der Waals surface area contributed by atoms with E-state index in [0.29, 0.717) is 0 Å². The molecule has 148 valence electrons. The van der Waals surface area contributed by atoms with E-state index >= 15 is 0 Å². The zero-order valence-electron chi connectivity index (χ0n) is 15.2. The number of benzene rings is 1. The molecule has 1 rings (SSSR count). The number of ether oxygens (including phenoxy) is 1. The van der Waals surface area contributed by atoms with Crippen molar-refractivity contribution in [3.05, 3.63) is 29.8 Å². The van der Waals surface area contributed by atoms with Gasteiger partial charge in [0, 0.05) is 0 Å². The molecule has 0 aliphatic heterocycles. The number of nitrogens with zero attached hydrogens (tertiary/aromatic N) is 1. The Morgan fingerprint density at radius 3 is 2.11 bits per heavy atom. The summed E-state index contributed by atoms with van der Waals surface area (Å²) in [4.78, 5) is 23.6. The van der Waals surface area contributed by atoms with E-state index in [1.54, 1.807) is 13.8 Å².